The molecule has 2 heterocycles. The van der Waals surface area contributed by atoms with E-state index in [1.54, 1.807) is 6.20 Å². The van der Waals surface area contributed by atoms with Crippen LogP contribution in [0.25, 0.3) is 0 Å². The van der Waals surface area contributed by atoms with Crippen LogP contribution in [0.4, 0.5) is 0 Å². The van der Waals surface area contributed by atoms with Crippen LogP contribution in [0.5, 0.6) is 5.75 Å². The summed E-state index contributed by atoms with van der Waals surface area (Å²) in [6, 6.07) is 9.75. The maximum Gasteiger partial charge on any atom is 0.304 e. The number of carboxylic acids is 1. The lowest BCUT2D eigenvalue weighted by Gasteiger charge is -2.32. The number of nitrogens with zero attached hydrogens (tertiary/aromatic N) is 2. The largest absolute Gasteiger partial charge is 0.484 e. The Morgan fingerprint density at radius 2 is 2.24 bits per heavy atom. The highest BCUT2D eigenvalue weighted by atomic mass is 16.5. The summed E-state index contributed by atoms with van der Waals surface area (Å²) in [5.41, 5.74) is 2.00. The Kier molecular flexibility index (Phi) is 5.67. The number of carbonyl (C=O) groups is 1. The molecule has 0 spiro atoms. The summed E-state index contributed by atoms with van der Waals surface area (Å²) in [5.74, 6) is 0.0142. The minimum Gasteiger partial charge on any atom is -0.484 e. The molecule has 25 heavy (non-hydrogen) atoms. The van der Waals surface area contributed by atoms with Crippen molar-refractivity contribution in [2.75, 3.05) is 26.2 Å². The molecule has 1 aromatic carbocycles. The van der Waals surface area contributed by atoms with Crippen molar-refractivity contribution in [3.8, 4) is 5.75 Å². The fraction of sp³-hybridized carbons (Fsp3) is 0.444. The first-order valence-electron chi connectivity index (χ1n) is 8.43. The minimum atomic E-state index is -0.768. The van der Waals surface area contributed by atoms with Gasteiger partial charge in [-0.15, -0.1) is 0 Å². The Morgan fingerprint density at radius 3 is 2.92 bits per heavy atom. The molecule has 0 aliphatic carbocycles. The Bertz CT molecular complexity index is 672. The Labute approximate surface area is 146 Å². The molecule has 0 saturated carbocycles. The quantitative estimate of drug-likeness (QED) is 0.801. The van der Waals surface area contributed by atoms with Crippen molar-refractivity contribution in [1.82, 2.24) is 15.1 Å². The lowest BCUT2D eigenvalue weighted by Crippen LogP contribution is -2.39. The molecule has 1 fully saturated rings. The number of nitrogens with one attached hydrogen (secondary N) is 1. The van der Waals surface area contributed by atoms with Crippen LogP contribution in [0, 0.1) is 0 Å². The summed E-state index contributed by atoms with van der Waals surface area (Å²) < 4.78 is 11.7. The molecule has 1 aliphatic heterocycles. The average molecular weight is 345 g/mol. The van der Waals surface area contributed by atoms with Crippen LogP contribution >= 0.6 is 0 Å². The Balaban J connectivity index is 1.57. The van der Waals surface area contributed by atoms with Gasteiger partial charge in [0.2, 0.25) is 0 Å². The molecule has 7 heteroatoms. The normalized spacial score (nSPS) is 19.5. The fourth-order valence-corrected chi connectivity index (χ4v) is 2.88. The van der Waals surface area contributed by atoms with Crippen LogP contribution in [-0.4, -0.2) is 52.4 Å². The van der Waals surface area contributed by atoms with E-state index in [1.165, 1.54) is 0 Å². The number of aromatic amines is 1. The molecule has 7 nitrogen and oxygen atoms in total. The van der Waals surface area contributed by atoms with Crippen LogP contribution in [0.3, 0.4) is 0 Å². The van der Waals surface area contributed by atoms with Crippen molar-refractivity contribution in [2.24, 2.45) is 0 Å². The van der Waals surface area contributed by atoms with Crippen molar-refractivity contribution in [1.29, 1.82) is 0 Å². The lowest BCUT2D eigenvalue weighted by atomic mass is 10.1. The molecular formula is C18H23N3O4. The molecule has 2 atom stereocenters. The summed E-state index contributed by atoms with van der Waals surface area (Å²) in [5, 5.41) is 15.7. The number of aromatic nitrogens is 2. The summed E-state index contributed by atoms with van der Waals surface area (Å²) in [4.78, 5) is 12.9. The van der Waals surface area contributed by atoms with Gasteiger partial charge in [-0.3, -0.25) is 14.8 Å². The van der Waals surface area contributed by atoms with Crippen LogP contribution in [0.15, 0.2) is 36.5 Å². The number of rotatable bonds is 7. The predicted octanol–water partition coefficient (Wildman–Crippen LogP) is 2.40. The topological polar surface area (TPSA) is 87.7 Å². The molecule has 0 radical (unpaired) electrons. The van der Waals surface area contributed by atoms with E-state index in [4.69, 9.17) is 14.6 Å². The standard InChI is InChI=1S/C18H23N3O4/c1-13(16-6-8-19-20-16)25-15-4-2-14(3-5-15)17-12-21(10-11-24-17)9-7-18(22)23/h2-6,8,13,17H,7,9-12H2,1H3,(H,19,20)(H,22,23). The van der Waals surface area contributed by atoms with Gasteiger partial charge >= 0.3 is 5.97 Å². The monoisotopic (exact) mass is 345 g/mol. The molecule has 0 amide bonds. The van der Waals surface area contributed by atoms with Gasteiger partial charge in [0.15, 0.2) is 0 Å². The van der Waals surface area contributed by atoms with E-state index in [1.807, 2.05) is 37.3 Å². The van der Waals surface area contributed by atoms with Crippen LogP contribution in [-0.2, 0) is 9.53 Å². The highest BCUT2D eigenvalue weighted by Crippen LogP contribution is 2.26. The second-order valence-corrected chi connectivity index (χ2v) is 6.14. The number of H-pyrrole nitrogens is 1. The van der Waals surface area contributed by atoms with Gasteiger partial charge in [-0.25, -0.2) is 0 Å². The summed E-state index contributed by atoms with van der Waals surface area (Å²) >= 11 is 0. The van der Waals surface area contributed by atoms with Gasteiger partial charge in [0.1, 0.15) is 11.9 Å². The van der Waals surface area contributed by atoms with Gasteiger partial charge in [0, 0.05) is 25.8 Å². The highest BCUT2D eigenvalue weighted by Gasteiger charge is 2.22. The number of ether oxygens (including phenoxy) is 2. The number of carboxylic acid groups (broad SMARTS) is 1. The van der Waals surface area contributed by atoms with E-state index in [0.29, 0.717) is 19.7 Å². The van der Waals surface area contributed by atoms with Crippen molar-refractivity contribution >= 4 is 5.97 Å². The van der Waals surface area contributed by atoms with Crippen molar-refractivity contribution < 1.29 is 19.4 Å². The zero-order valence-corrected chi connectivity index (χ0v) is 14.2. The molecular weight excluding hydrogens is 322 g/mol. The third kappa shape index (κ3) is 4.80. The molecule has 2 N–H and O–H groups in total. The van der Waals surface area contributed by atoms with Crippen molar-refractivity contribution in [3.05, 3.63) is 47.8 Å². The minimum absolute atomic E-state index is 0.0402. The van der Waals surface area contributed by atoms with Crippen molar-refractivity contribution in [2.45, 2.75) is 25.6 Å². The molecule has 1 aliphatic rings. The third-order valence-corrected chi connectivity index (χ3v) is 4.32. The molecule has 2 aromatic rings. The Morgan fingerprint density at radius 1 is 1.44 bits per heavy atom. The number of hydrogen-bond acceptors (Lipinski definition) is 5. The molecule has 2 unspecified atom stereocenters. The zero-order chi connectivity index (χ0) is 17.6. The maximum absolute atomic E-state index is 10.7. The van der Waals surface area contributed by atoms with E-state index in [2.05, 4.69) is 15.1 Å². The van der Waals surface area contributed by atoms with Gasteiger partial charge in [0.25, 0.3) is 0 Å². The molecule has 1 aromatic heterocycles. The Hall–Kier alpha value is -2.38. The van der Waals surface area contributed by atoms with Gasteiger partial charge < -0.3 is 14.6 Å². The first-order valence-corrected chi connectivity index (χ1v) is 8.43. The third-order valence-electron chi connectivity index (χ3n) is 4.32. The number of benzene rings is 1. The maximum atomic E-state index is 10.7. The van der Waals surface area contributed by atoms with E-state index in [9.17, 15) is 4.79 Å². The first-order chi connectivity index (χ1) is 12.1. The van der Waals surface area contributed by atoms with E-state index in [-0.39, 0.29) is 18.6 Å². The smallest absolute Gasteiger partial charge is 0.304 e. The number of morpholine rings is 1. The summed E-state index contributed by atoms with van der Waals surface area (Å²) in [6.45, 7) is 4.61. The second kappa shape index (κ2) is 8.13. The SMILES string of the molecule is CC(Oc1ccc(C2CN(CCC(=O)O)CCO2)cc1)c1ccn[nH]1. The molecule has 3 rings (SSSR count). The lowest BCUT2D eigenvalue weighted by molar-refractivity contribution is -0.137. The second-order valence-electron chi connectivity index (χ2n) is 6.14. The number of aliphatic carboxylic acids is 1. The van der Waals surface area contributed by atoms with Crippen LogP contribution in [0.1, 0.15) is 36.8 Å². The van der Waals surface area contributed by atoms with E-state index < -0.39 is 5.97 Å². The molecule has 1 saturated heterocycles. The highest BCUT2D eigenvalue weighted by molar-refractivity contribution is 5.66. The van der Waals surface area contributed by atoms with Gasteiger partial charge in [0.05, 0.1) is 24.8 Å². The first kappa shape index (κ1) is 17.4. The average Bonchev–Trinajstić information content (AvgIpc) is 3.16. The predicted molar refractivity (Wildman–Crippen MR) is 91.5 cm³/mol. The summed E-state index contributed by atoms with van der Waals surface area (Å²) in [7, 11) is 0. The molecule has 134 valence electrons. The number of hydrogen-bond donors (Lipinski definition) is 2. The van der Waals surface area contributed by atoms with Gasteiger partial charge in [-0.1, -0.05) is 12.1 Å². The summed E-state index contributed by atoms with van der Waals surface area (Å²) in [6.07, 6.45) is 1.72. The van der Waals surface area contributed by atoms with Crippen LogP contribution < -0.4 is 4.74 Å². The fourth-order valence-electron chi connectivity index (χ4n) is 2.88. The van der Waals surface area contributed by atoms with Gasteiger partial charge in [-0.2, -0.15) is 5.10 Å². The zero-order valence-electron chi connectivity index (χ0n) is 14.2. The van der Waals surface area contributed by atoms with Crippen LogP contribution in [0.2, 0.25) is 0 Å². The molecule has 0 bridgehead atoms. The van der Waals surface area contributed by atoms with Gasteiger partial charge in [-0.05, 0) is 30.7 Å². The van der Waals surface area contributed by atoms with Crippen molar-refractivity contribution in [3.63, 3.8) is 0 Å². The van der Waals surface area contributed by atoms with E-state index in [0.717, 1.165) is 23.6 Å². The van der Waals surface area contributed by atoms with E-state index >= 15 is 0 Å².